The fraction of sp³-hybridized carbons (Fsp3) is 0.368. The number of anilines is 1. The summed E-state index contributed by atoms with van der Waals surface area (Å²) >= 11 is 0. The number of methoxy groups -OCH3 is 1. The highest BCUT2D eigenvalue weighted by atomic mass is 16.5. The lowest BCUT2D eigenvalue weighted by molar-refractivity contribution is 0.0600. The van der Waals surface area contributed by atoms with Crippen LogP contribution in [0.1, 0.15) is 39.1 Å². The third-order valence-corrected chi connectivity index (χ3v) is 4.57. The summed E-state index contributed by atoms with van der Waals surface area (Å²) in [4.78, 5) is 25.9. The van der Waals surface area contributed by atoms with E-state index in [9.17, 15) is 9.59 Å². The number of hydrogen-bond acceptors (Lipinski definition) is 5. The van der Waals surface area contributed by atoms with Gasteiger partial charge in [0.15, 0.2) is 0 Å². The zero-order valence-electron chi connectivity index (χ0n) is 14.5. The first kappa shape index (κ1) is 17.1. The SMILES string of the molecule is COC(=O)c1ccc(C)c(NC2CCN(C(=O)c3ccoc3)CC2)c1. The highest BCUT2D eigenvalue weighted by Gasteiger charge is 2.24. The number of carbonyl (C=O) groups is 2. The van der Waals surface area contributed by atoms with Crippen molar-refractivity contribution < 1.29 is 18.7 Å². The van der Waals surface area contributed by atoms with Gasteiger partial charge in [-0.3, -0.25) is 4.79 Å². The van der Waals surface area contributed by atoms with Gasteiger partial charge in [0.05, 0.1) is 24.5 Å². The average molecular weight is 342 g/mol. The first-order valence-corrected chi connectivity index (χ1v) is 8.35. The Kier molecular flexibility index (Phi) is 5.07. The molecular formula is C19H22N2O4. The van der Waals surface area contributed by atoms with Crippen molar-refractivity contribution in [2.24, 2.45) is 0 Å². The van der Waals surface area contributed by atoms with Crippen LogP contribution in [0.3, 0.4) is 0 Å². The largest absolute Gasteiger partial charge is 0.472 e. The maximum Gasteiger partial charge on any atom is 0.337 e. The Morgan fingerprint density at radius 3 is 2.60 bits per heavy atom. The van der Waals surface area contributed by atoms with E-state index in [0.29, 0.717) is 24.2 Å². The van der Waals surface area contributed by atoms with E-state index in [0.717, 1.165) is 24.1 Å². The second kappa shape index (κ2) is 7.42. The highest BCUT2D eigenvalue weighted by molar-refractivity contribution is 5.94. The molecule has 0 radical (unpaired) electrons. The van der Waals surface area contributed by atoms with E-state index in [1.807, 2.05) is 24.0 Å². The number of carbonyl (C=O) groups excluding carboxylic acids is 2. The van der Waals surface area contributed by atoms with Gasteiger partial charge in [-0.25, -0.2) is 4.79 Å². The zero-order chi connectivity index (χ0) is 17.8. The van der Waals surface area contributed by atoms with E-state index in [1.165, 1.54) is 19.6 Å². The standard InChI is InChI=1S/C19H22N2O4/c1-13-3-4-14(19(23)24-2)11-17(13)20-16-5-8-21(9-6-16)18(22)15-7-10-25-12-15/h3-4,7,10-12,16,20H,5-6,8-9H2,1-2H3. The van der Waals surface area contributed by atoms with Gasteiger partial charge in [-0.2, -0.15) is 0 Å². The molecule has 0 saturated carbocycles. The van der Waals surface area contributed by atoms with Crippen molar-refractivity contribution in [1.29, 1.82) is 0 Å². The third kappa shape index (κ3) is 3.84. The summed E-state index contributed by atoms with van der Waals surface area (Å²) in [5, 5.41) is 3.50. The van der Waals surface area contributed by atoms with Crippen LogP contribution >= 0.6 is 0 Å². The number of ether oxygens (including phenoxy) is 1. The monoisotopic (exact) mass is 342 g/mol. The predicted octanol–water partition coefficient (Wildman–Crippen LogP) is 3.09. The first-order chi connectivity index (χ1) is 12.1. The molecule has 25 heavy (non-hydrogen) atoms. The molecule has 6 nitrogen and oxygen atoms in total. The van der Waals surface area contributed by atoms with Crippen LogP contribution in [-0.4, -0.2) is 43.0 Å². The Balaban J connectivity index is 1.61. The second-order valence-electron chi connectivity index (χ2n) is 6.24. The molecule has 1 amide bonds. The van der Waals surface area contributed by atoms with Gasteiger partial charge in [0.25, 0.3) is 5.91 Å². The molecule has 0 unspecified atom stereocenters. The van der Waals surface area contributed by atoms with E-state index in [4.69, 9.17) is 9.15 Å². The minimum Gasteiger partial charge on any atom is -0.472 e. The summed E-state index contributed by atoms with van der Waals surface area (Å²) in [6.07, 6.45) is 4.70. The molecule has 2 heterocycles. The number of likely N-dealkylation sites (tertiary alicyclic amines) is 1. The van der Waals surface area contributed by atoms with E-state index in [1.54, 1.807) is 12.1 Å². The van der Waals surface area contributed by atoms with Crippen LogP contribution in [0, 0.1) is 6.92 Å². The van der Waals surface area contributed by atoms with Crippen molar-refractivity contribution in [1.82, 2.24) is 4.90 Å². The lowest BCUT2D eigenvalue weighted by atomic mass is 10.0. The lowest BCUT2D eigenvalue weighted by Crippen LogP contribution is -2.42. The molecule has 132 valence electrons. The zero-order valence-corrected chi connectivity index (χ0v) is 14.5. The molecule has 2 aromatic rings. The quantitative estimate of drug-likeness (QED) is 0.865. The molecule has 0 aliphatic carbocycles. The molecule has 0 atom stereocenters. The number of aryl methyl sites for hydroxylation is 1. The number of nitrogens with zero attached hydrogens (tertiary/aromatic N) is 1. The molecule has 1 saturated heterocycles. The fourth-order valence-electron chi connectivity index (χ4n) is 3.04. The van der Waals surface area contributed by atoms with Gasteiger partial charge in [0.1, 0.15) is 6.26 Å². The molecular weight excluding hydrogens is 320 g/mol. The molecule has 0 bridgehead atoms. The van der Waals surface area contributed by atoms with Crippen LogP contribution in [0.5, 0.6) is 0 Å². The van der Waals surface area contributed by atoms with Crippen molar-refractivity contribution in [3.8, 4) is 0 Å². The molecule has 1 aromatic heterocycles. The second-order valence-corrected chi connectivity index (χ2v) is 6.24. The highest BCUT2D eigenvalue weighted by Crippen LogP contribution is 2.22. The summed E-state index contributed by atoms with van der Waals surface area (Å²) in [7, 11) is 1.38. The molecule has 0 spiro atoms. The van der Waals surface area contributed by atoms with Crippen molar-refractivity contribution in [2.75, 3.05) is 25.5 Å². The summed E-state index contributed by atoms with van der Waals surface area (Å²) in [6, 6.07) is 7.45. The number of esters is 1. The summed E-state index contributed by atoms with van der Waals surface area (Å²) in [5.74, 6) is -0.334. The number of benzene rings is 1. The van der Waals surface area contributed by atoms with E-state index >= 15 is 0 Å². The normalized spacial score (nSPS) is 15.0. The van der Waals surface area contributed by atoms with Gasteiger partial charge in [-0.1, -0.05) is 6.07 Å². The predicted molar refractivity (Wildman–Crippen MR) is 93.8 cm³/mol. The summed E-state index contributed by atoms with van der Waals surface area (Å²) in [5.41, 5.74) is 3.13. The fourth-order valence-corrected chi connectivity index (χ4v) is 3.04. The molecule has 6 heteroatoms. The lowest BCUT2D eigenvalue weighted by Gasteiger charge is -2.33. The van der Waals surface area contributed by atoms with E-state index < -0.39 is 0 Å². The molecule has 1 N–H and O–H groups in total. The van der Waals surface area contributed by atoms with Crippen LogP contribution in [0.25, 0.3) is 0 Å². The van der Waals surface area contributed by atoms with Crippen LogP contribution in [0.4, 0.5) is 5.69 Å². The molecule has 3 rings (SSSR count). The minimum atomic E-state index is -0.344. The van der Waals surface area contributed by atoms with Crippen molar-refractivity contribution >= 4 is 17.6 Å². The number of amides is 1. The van der Waals surface area contributed by atoms with Gasteiger partial charge in [0.2, 0.25) is 0 Å². The minimum absolute atomic E-state index is 0.0102. The van der Waals surface area contributed by atoms with Crippen LogP contribution in [0.2, 0.25) is 0 Å². The third-order valence-electron chi connectivity index (χ3n) is 4.57. The number of hydrogen-bond donors (Lipinski definition) is 1. The average Bonchev–Trinajstić information content (AvgIpc) is 3.17. The number of rotatable bonds is 4. The van der Waals surface area contributed by atoms with Gasteiger partial charge in [-0.05, 0) is 43.5 Å². The molecule has 1 aromatic carbocycles. The summed E-state index contributed by atoms with van der Waals surface area (Å²) < 4.78 is 9.76. The molecule has 1 aliphatic heterocycles. The Morgan fingerprint density at radius 2 is 1.96 bits per heavy atom. The van der Waals surface area contributed by atoms with Crippen LogP contribution < -0.4 is 5.32 Å². The maximum atomic E-state index is 12.3. The van der Waals surface area contributed by atoms with Crippen LogP contribution in [0.15, 0.2) is 41.2 Å². The van der Waals surface area contributed by atoms with Crippen molar-refractivity contribution in [3.63, 3.8) is 0 Å². The van der Waals surface area contributed by atoms with Crippen LogP contribution in [-0.2, 0) is 4.74 Å². The number of nitrogens with one attached hydrogen (secondary N) is 1. The Labute approximate surface area is 146 Å². The van der Waals surface area contributed by atoms with Gasteiger partial charge >= 0.3 is 5.97 Å². The van der Waals surface area contributed by atoms with Crippen molar-refractivity contribution in [3.05, 3.63) is 53.5 Å². The number of furan rings is 1. The molecule has 1 aliphatic rings. The molecule has 1 fully saturated rings. The van der Waals surface area contributed by atoms with Gasteiger partial charge in [0, 0.05) is 24.8 Å². The van der Waals surface area contributed by atoms with Crippen molar-refractivity contribution in [2.45, 2.75) is 25.8 Å². The number of piperidine rings is 1. The smallest absolute Gasteiger partial charge is 0.337 e. The maximum absolute atomic E-state index is 12.3. The summed E-state index contributed by atoms with van der Waals surface area (Å²) in [6.45, 7) is 3.38. The topological polar surface area (TPSA) is 71.8 Å². The first-order valence-electron chi connectivity index (χ1n) is 8.35. The Morgan fingerprint density at radius 1 is 1.20 bits per heavy atom. The Bertz CT molecular complexity index is 747. The van der Waals surface area contributed by atoms with E-state index in [2.05, 4.69) is 5.32 Å². The van der Waals surface area contributed by atoms with Gasteiger partial charge in [-0.15, -0.1) is 0 Å². The van der Waals surface area contributed by atoms with E-state index in [-0.39, 0.29) is 17.9 Å². The Hall–Kier alpha value is -2.76. The van der Waals surface area contributed by atoms with Gasteiger partial charge < -0.3 is 19.4 Å².